The second kappa shape index (κ2) is 7.39. The molecule has 1 N–H and O–H groups in total. The Kier molecular flexibility index (Phi) is 5.20. The number of nitro benzene ring substituents is 1. The van der Waals surface area contributed by atoms with Crippen LogP contribution in [-0.4, -0.2) is 28.1 Å². The van der Waals surface area contributed by atoms with Gasteiger partial charge in [0.25, 0.3) is 0 Å². The second-order valence-corrected chi connectivity index (χ2v) is 6.12. The van der Waals surface area contributed by atoms with Gasteiger partial charge in [0.2, 0.25) is 5.75 Å². The third-order valence-corrected chi connectivity index (χ3v) is 4.36. The van der Waals surface area contributed by atoms with Gasteiger partial charge in [0.15, 0.2) is 0 Å². The van der Waals surface area contributed by atoms with Crippen LogP contribution in [0.15, 0.2) is 24.3 Å². The van der Waals surface area contributed by atoms with Crippen LogP contribution in [0.3, 0.4) is 0 Å². The molecule has 0 atom stereocenters. The van der Waals surface area contributed by atoms with Crippen molar-refractivity contribution in [3.8, 4) is 22.9 Å². The van der Waals surface area contributed by atoms with E-state index in [2.05, 4.69) is 9.97 Å². The molecule has 0 aliphatic heterocycles. The number of halogens is 2. The van der Waals surface area contributed by atoms with Gasteiger partial charge in [-0.15, -0.1) is 0 Å². The van der Waals surface area contributed by atoms with E-state index in [9.17, 15) is 10.1 Å². The van der Waals surface area contributed by atoms with E-state index in [1.165, 1.54) is 12.1 Å². The Hall–Kier alpha value is -2.51. The molecule has 0 amide bonds. The molecule has 0 aliphatic carbocycles. The van der Waals surface area contributed by atoms with Gasteiger partial charge in [0.05, 0.1) is 44.8 Å². The average Bonchev–Trinajstić information content (AvgIpc) is 2.98. The molecule has 0 saturated heterocycles. The largest absolute Gasteiger partial charge is 0.493 e. The number of aromatic nitrogens is 2. The minimum Gasteiger partial charge on any atom is -0.493 e. The minimum atomic E-state index is -0.499. The first-order valence-corrected chi connectivity index (χ1v) is 8.63. The molecule has 3 rings (SSSR count). The number of nitrogens with zero attached hydrogens (tertiary/aromatic N) is 2. The molecule has 1 heterocycles. The van der Waals surface area contributed by atoms with E-state index < -0.39 is 4.92 Å². The lowest BCUT2D eigenvalue weighted by Gasteiger charge is -2.11. The first-order chi connectivity index (χ1) is 12.4. The van der Waals surface area contributed by atoms with Crippen molar-refractivity contribution in [3.63, 3.8) is 0 Å². The van der Waals surface area contributed by atoms with Crippen molar-refractivity contribution in [1.82, 2.24) is 9.97 Å². The van der Waals surface area contributed by atoms with Crippen molar-refractivity contribution in [3.05, 3.63) is 44.4 Å². The monoisotopic (exact) mass is 395 g/mol. The molecule has 0 aliphatic rings. The summed E-state index contributed by atoms with van der Waals surface area (Å²) in [5, 5.41) is 12.2. The van der Waals surface area contributed by atoms with Gasteiger partial charge in [-0.2, -0.15) is 0 Å². The molecule has 0 spiro atoms. The standard InChI is InChI=1S/C17H15Cl2N3O4/c1-3-25-15-8-16(26-4-2)14(22(23)24)5-9(15)17-20-12-6-10(18)11(19)7-13(12)21-17/h5-8H,3-4H2,1-2H3,(H,20,21). The summed E-state index contributed by atoms with van der Waals surface area (Å²) in [5.41, 5.74) is 1.54. The van der Waals surface area contributed by atoms with Crippen LogP contribution in [0.1, 0.15) is 13.8 Å². The number of imidazole rings is 1. The van der Waals surface area contributed by atoms with E-state index in [4.69, 9.17) is 32.7 Å². The number of rotatable bonds is 6. The Balaban J connectivity index is 2.21. The van der Waals surface area contributed by atoms with Crippen LogP contribution in [0.2, 0.25) is 10.0 Å². The zero-order chi connectivity index (χ0) is 18.8. The smallest absolute Gasteiger partial charge is 0.311 e. The first-order valence-electron chi connectivity index (χ1n) is 7.87. The van der Waals surface area contributed by atoms with Gasteiger partial charge in [-0.25, -0.2) is 4.98 Å². The average molecular weight is 396 g/mol. The number of benzene rings is 2. The Morgan fingerprint density at radius 1 is 1.08 bits per heavy atom. The lowest BCUT2D eigenvalue weighted by atomic mass is 10.1. The summed E-state index contributed by atoms with van der Waals surface area (Å²) in [6.45, 7) is 4.26. The van der Waals surface area contributed by atoms with E-state index in [1.807, 2.05) is 6.92 Å². The maximum Gasteiger partial charge on any atom is 0.311 e. The van der Waals surface area contributed by atoms with E-state index >= 15 is 0 Å². The molecule has 136 valence electrons. The molecule has 0 saturated carbocycles. The molecule has 0 unspecified atom stereocenters. The van der Waals surface area contributed by atoms with Crippen molar-refractivity contribution in [1.29, 1.82) is 0 Å². The summed E-state index contributed by atoms with van der Waals surface area (Å²) in [5.74, 6) is 0.984. The lowest BCUT2D eigenvalue weighted by molar-refractivity contribution is -0.385. The Labute approximate surface area is 159 Å². The van der Waals surface area contributed by atoms with E-state index in [-0.39, 0.29) is 11.4 Å². The van der Waals surface area contributed by atoms with E-state index in [0.29, 0.717) is 51.4 Å². The molecule has 9 heteroatoms. The van der Waals surface area contributed by atoms with Gasteiger partial charge >= 0.3 is 5.69 Å². The number of H-pyrrole nitrogens is 1. The number of fused-ring (bicyclic) bond motifs is 1. The number of aromatic amines is 1. The molecule has 7 nitrogen and oxygen atoms in total. The molecule has 3 aromatic rings. The highest BCUT2D eigenvalue weighted by Crippen LogP contribution is 2.40. The van der Waals surface area contributed by atoms with Crippen molar-refractivity contribution in [2.24, 2.45) is 0 Å². The molecule has 0 fully saturated rings. The molecule has 0 bridgehead atoms. The Morgan fingerprint density at radius 3 is 2.38 bits per heavy atom. The fraction of sp³-hybridized carbons (Fsp3) is 0.235. The highest BCUT2D eigenvalue weighted by Gasteiger charge is 2.23. The second-order valence-electron chi connectivity index (χ2n) is 5.31. The number of hydrogen-bond donors (Lipinski definition) is 1. The van der Waals surface area contributed by atoms with Crippen LogP contribution >= 0.6 is 23.2 Å². The normalized spacial score (nSPS) is 10.9. The molecule has 26 heavy (non-hydrogen) atoms. The zero-order valence-electron chi connectivity index (χ0n) is 14.0. The van der Waals surface area contributed by atoms with Gasteiger partial charge in [0, 0.05) is 12.1 Å². The van der Waals surface area contributed by atoms with Crippen LogP contribution in [0.25, 0.3) is 22.4 Å². The number of nitro groups is 1. The van der Waals surface area contributed by atoms with Gasteiger partial charge in [-0.3, -0.25) is 10.1 Å². The van der Waals surface area contributed by atoms with Crippen LogP contribution in [0.4, 0.5) is 5.69 Å². The summed E-state index contributed by atoms with van der Waals surface area (Å²) in [6.07, 6.45) is 0. The highest BCUT2D eigenvalue weighted by atomic mass is 35.5. The topological polar surface area (TPSA) is 90.3 Å². The SMILES string of the molecule is CCOc1cc(OCC)c([N+](=O)[O-])cc1-c1nc2cc(Cl)c(Cl)cc2[nH]1. The summed E-state index contributed by atoms with van der Waals surface area (Å²) in [7, 11) is 0. The Morgan fingerprint density at radius 2 is 1.73 bits per heavy atom. The quantitative estimate of drug-likeness (QED) is 0.454. The van der Waals surface area contributed by atoms with Crippen molar-refractivity contribution >= 4 is 39.9 Å². The van der Waals surface area contributed by atoms with Crippen molar-refractivity contribution in [2.75, 3.05) is 13.2 Å². The lowest BCUT2D eigenvalue weighted by Crippen LogP contribution is -2.01. The molecule has 1 aromatic heterocycles. The summed E-state index contributed by atoms with van der Waals surface area (Å²) in [4.78, 5) is 18.5. The highest BCUT2D eigenvalue weighted by molar-refractivity contribution is 6.42. The van der Waals surface area contributed by atoms with Crippen molar-refractivity contribution in [2.45, 2.75) is 13.8 Å². The van der Waals surface area contributed by atoms with Crippen LogP contribution in [-0.2, 0) is 0 Å². The van der Waals surface area contributed by atoms with E-state index in [1.54, 1.807) is 19.1 Å². The first kappa shape index (κ1) is 18.3. The van der Waals surface area contributed by atoms with Crippen LogP contribution in [0, 0.1) is 10.1 Å². The number of ether oxygens (including phenoxy) is 2. The van der Waals surface area contributed by atoms with Crippen LogP contribution < -0.4 is 9.47 Å². The minimum absolute atomic E-state index is 0.145. The fourth-order valence-corrected chi connectivity index (χ4v) is 2.88. The van der Waals surface area contributed by atoms with Gasteiger partial charge in [0.1, 0.15) is 11.6 Å². The summed E-state index contributed by atoms with van der Waals surface area (Å²) < 4.78 is 11.0. The number of nitrogens with one attached hydrogen (secondary N) is 1. The third kappa shape index (κ3) is 3.40. The Bertz CT molecular complexity index is 949. The maximum atomic E-state index is 11.4. The molecular formula is C17H15Cl2N3O4. The zero-order valence-corrected chi connectivity index (χ0v) is 15.5. The van der Waals surface area contributed by atoms with Crippen molar-refractivity contribution < 1.29 is 14.4 Å². The summed E-state index contributed by atoms with van der Waals surface area (Å²) in [6, 6.07) is 6.17. The predicted octanol–water partition coefficient (Wildman–Crippen LogP) is 5.24. The maximum absolute atomic E-state index is 11.4. The predicted molar refractivity (Wildman–Crippen MR) is 101 cm³/mol. The number of hydrogen-bond acceptors (Lipinski definition) is 5. The van der Waals surface area contributed by atoms with Crippen LogP contribution in [0.5, 0.6) is 11.5 Å². The molecule has 0 radical (unpaired) electrons. The van der Waals surface area contributed by atoms with Gasteiger partial charge in [-0.1, -0.05) is 23.2 Å². The molecular weight excluding hydrogens is 381 g/mol. The summed E-state index contributed by atoms with van der Waals surface area (Å²) >= 11 is 12.1. The third-order valence-electron chi connectivity index (χ3n) is 3.64. The fourth-order valence-electron chi connectivity index (χ4n) is 2.56. The van der Waals surface area contributed by atoms with Gasteiger partial charge < -0.3 is 14.5 Å². The van der Waals surface area contributed by atoms with Gasteiger partial charge in [-0.05, 0) is 26.0 Å². The molecule has 2 aromatic carbocycles. The van der Waals surface area contributed by atoms with E-state index in [0.717, 1.165) is 0 Å².